The molecule has 1 atom stereocenters. The lowest BCUT2D eigenvalue weighted by Crippen LogP contribution is -2.31. The number of halogens is 2. The second kappa shape index (κ2) is 8.08. The van der Waals surface area contributed by atoms with Crippen LogP contribution in [0, 0.1) is 25.6 Å². The fourth-order valence-electron chi connectivity index (χ4n) is 2.24. The highest BCUT2D eigenvalue weighted by molar-refractivity contribution is 5.96. The van der Waals surface area contributed by atoms with Crippen molar-refractivity contribution in [2.24, 2.45) is 11.7 Å². The van der Waals surface area contributed by atoms with Crippen LogP contribution < -0.4 is 11.1 Å². The second-order valence-electron chi connectivity index (χ2n) is 5.48. The number of nitrogens with zero attached hydrogens (tertiary/aromatic N) is 2. The fraction of sp³-hybridized carbons (Fsp3) is 0.375. The molecule has 23 heavy (non-hydrogen) atoms. The van der Waals surface area contributed by atoms with Crippen molar-refractivity contribution in [2.75, 3.05) is 13.1 Å². The Morgan fingerprint density at radius 1 is 1.35 bits per heavy atom. The molecule has 0 fully saturated rings. The number of aromatic nitrogens is 2. The average Bonchev–Trinajstić information content (AvgIpc) is 2.80. The zero-order chi connectivity index (χ0) is 16.3. The minimum absolute atomic E-state index is 0. The van der Waals surface area contributed by atoms with Crippen LogP contribution >= 0.6 is 12.4 Å². The van der Waals surface area contributed by atoms with Gasteiger partial charge in [-0.1, -0.05) is 6.92 Å². The van der Waals surface area contributed by atoms with Crippen molar-refractivity contribution in [3.8, 4) is 5.69 Å². The molecule has 0 bridgehead atoms. The van der Waals surface area contributed by atoms with Crippen LogP contribution in [0.3, 0.4) is 0 Å². The van der Waals surface area contributed by atoms with Gasteiger partial charge < -0.3 is 11.1 Å². The van der Waals surface area contributed by atoms with Crippen LogP contribution in [0.2, 0.25) is 0 Å². The molecule has 0 radical (unpaired) electrons. The molecule has 0 spiro atoms. The normalized spacial score (nSPS) is 11.7. The Balaban J connectivity index is 0.00000264. The van der Waals surface area contributed by atoms with Gasteiger partial charge in [0.05, 0.1) is 22.6 Å². The number of nitrogens with two attached hydrogens (primary N) is 1. The third kappa shape index (κ3) is 4.30. The van der Waals surface area contributed by atoms with Gasteiger partial charge in [-0.3, -0.25) is 4.79 Å². The summed E-state index contributed by atoms with van der Waals surface area (Å²) in [6, 6.07) is 6.00. The number of hydrogen-bond donors (Lipinski definition) is 2. The van der Waals surface area contributed by atoms with Crippen LogP contribution in [-0.4, -0.2) is 28.8 Å². The Morgan fingerprint density at radius 2 is 1.96 bits per heavy atom. The lowest BCUT2D eigenvalue weighted by molar-refractivity contribution is 0.0947. The number of rotatable bonds is 5. The Hall–Kier alpha value is -1.92. The summed E-state index contributed by atoms with van der Waals surface area (Å²) in [5, 5.41) is 7.26. The molecule has 0 aliphatic heterocycles. The SMILES string of the molecule is Cc1nn(-c2ccc(F)cc2)c(C)c1C(=O)NCC(C)CN.Cl. The van der Waals surface area contributed by atoms with Gasteiger partial charge in [-0.15, -0.1) is 12.4 Å². The molecule has 5 nitrogen and oxygen atoms in total. The van der Waals surface area contributed by atoms with E-state index < -0.39 is 0 Å². The van der Waals surface area contributed by atoms with Gasteiger partial charge in [0, 0.05) is 6.54 Å². The van der Waals surface area contributed by atoms with Crippen molar-refractivity contribution in [3.63, 3.8) is 0 Å². The Labute approximate surface area is 141 Å². The van der Waals surface area contributed by atoms with E-state index in [4.69, 9.17) is 5.73 Å². The first-order chi connectivity index (χ1) is 10.4. The molecule has 126 valence electrons. The maximum atomic E-state index is 13.0. The van der Waals surface area contributed by atoms with Crippen molar-refractivity contribution in [1.29, 1.82) is 0 Å². The first kappa shape index (κ1) is 19.1. The van der Waals surface area contributed by atoms with Crippen molar-refractivity contribution in [1.82, 2.24) is 15.1 Å². The average molecular weight is 341 g/mol. The molecule has 0 aliphatic rings. The molecule has 0 aliphatic carbocycles. The number of hydrogen-bond acceptors (Lipinski definition) is 3. The Kier molecular flexibility index (Phi) is 6.72. The molecule has 1 aromatic heterocycles. The van der Waals surface area contributed by atoms with E-state index in [9.17, 15) is 9.18 Å². The van der Waals surface area contributed by atoms with Crippen LogP contribution in [0.4, 0.5) is 4.39 Å². The Bertz CT molecular complexity index is 669. The van der Waals surface area contributed by atoms with Gasteiger partial charge in [0.15, 0.2) is 0 Å². The molecule has 0 saturated heterocycles. The Morgan fingerprint density at radius 3 is 2.52 bits per heavy atom. The number of carbonyl (C=O) groups excluding carboxylic acids is 1. The summed E-state index contributed by atoms with van der Waals surface area (Å²) in [6.07, 6.45) is 0. The van der Waals surface area contributed by atoms with Crippen molar-refractivity contribution < 1.29 is 9.18 Å². The van der Waals surface area contributed by atoms with Gasteiger partial charge in [-0.05, 0) is 50.6 Å². The minimum atomic E-state index is -0.306. The molecule has 2 aromatic rings. The zero-order valence-electron chi connectivity index (χ0n) is 13.5. The smallest absolute Gasteiger partial charge is 0.255 e. The van der Waals surface area contributed by atoms with Crippen molar-refractivity contribution >= 4 is 18.3 Å². The summed E-state index contributed by atoms with van der Waals surface area (Å²) < 4.78 is 14.7. The lowest BCUT2D eigenvalue weighted by Gasteiger charge is -2.10. The molecule has 1 unspecified atom stereocenters. The van der Waals surface area contributed by atoms with E-state index in [1.807, 2.05) is 13.8 Å². The molecule has 3 N–H and O–H groups in total. The number of nitrogens with one attached hydrogen (secondary N) is 1. The topological polar surface area (TPSA) is 72.9 Å². The van der Waals surface area contributed by atoms with Gasteiger partial charge in [-0.25, -0.2) is 9.07 Å². The van der Waals surface area contributed by atoms with E-state index >= 15 is 0 Å². The van der Waals surface area contributed by atoms with Gasteiger partial charge in [0.25, 0.3) is 5.91 Å². The molecular formula is C16H22ClFN4O. The van der Waals surface area contributed by atoms with Gasteiger partial charge in [-0.2, -0.15) is 5.10 Å². The lowest BCUT2D eigenvalue weighted by atomic mass is 10.1. The van der Waals surface area contributed by atoms with Crippen molar-refractivity contribution in [2.45, 2.75) is 20.8 Å². The third-order valence-corrected chi connectivity index (χ3v) is 3.60. The molecular weight excluding hydrogens is 319 g/mol. The van der Waals surface area contributed by atoms with Gasteiger partial charge in [0.1, 0.15) is 5.82 Å². The summed E-state index contributed by atoms with van der Waals surface area (Å²) in [4.78, 5) is 12.3. The van der Waals surface area contributed by atoms with Crippen LogP contribution in [0.15, 0.2) is 24.3 Å². The third-order valence-electron chi connectivity index (χ3n) is 3.60. The summed E-state index contributed by atoms with van der Waals surface area (Å²) in [5.74, 6) is -0.251. The van der Waals surface area contributed by atoms with E-state index in [2.05, 4.69) is 10.4 Å². The van der Waals surface area contributed by atoms with E-state index in [0.717, 1.165) is 11.4 Å². The number of benzene rings is 1. The van der Waals surface area contributed by atoms with E-state index in [0.29, 0.717) is 24.3 Å². The highest BCUT2D eigenvalue weighted by Gasteiger charge is 2.19. The fourth-order valence-corrected chi connectivity index (χ4v) is 2.24. The molecule has 1 aromatic carbocycles. The quantitative estimate of drug-likeness (QED) is 0.877. The maximum Gasteiger partial charge on any atom is 0.255 e. The highest BCUT2D eigenvalue weighted by atomic mass is 35.5. The molecule has 0 saturated carbocycles. The van der Waals surface area contributed by atoms with Gasteiger partial charge >= 0.3 is 0 Å². The van der Waals surface area contributed by atoms with Crippen LogP contribution in [-0.2, 0) is 0 Å². The molecule has 2 rings (SSSR count). The number of amides is 1. The van der Waals surface area contributed by atoms with E-state index in [1.165, 1.54) is 12.1 Å². The predicted molar refractivity (Wildman–Crippen MR) is 90.8 cm³/mol. The monoisotopic (exact) mass is 340 g/mol. The summed E-state index contributed by atoms with van der Waals surface area (Å²) in [6.45, 7) is 6.63. The molecule has 1 amide bonds. The first-order valence-electron chi connectivity index (χ1n) is 7.24. The molecule has 1 heterocycles. The largest absolute Gasteiger partial charge is 0.352 e. The summed E-state index contributed by atoms with van der Waals surface area (Å²) >= 11 is 0. The van der Waals surface area contributed by atoms with Crippen molar-refractivity contribution in [3.05, 3.63) is 47.0 Å². The number of carbonyl (C=O) groups is 1. The second-order valence-corrected chi connectivity index (χ2v) is 5.48. The first-order valence-corrected chi connectivity index (χ1v) is 7.24. The summed E-state index contributed by atoms with van der Waals surface area (Å²) in [7, 11) is 0. The number of aryl methyl sites for hydroxylation is 1. The molecule has 7 heteroatoms. The van der Waals surface area contributed by atoms with Crippen LogP contribution in [0.25, 0.3) is 5.69 Å². The summed E-state index contributed by atoms with van der Waals surface area (Å²) in [5.41, 5.74) is 8.18. The zero-order valence-corrected chi connectivity index (χ0v) is 14.3. The van der Waals surface area contributed by atoms with Crippen LogP contribution in [0.5, 0.6) is 0 Å². The predicted octanol–water partition coefficient (Wildman–Crippen LogP) is 2.37. The van der Waals surface area contributed by atoms with E-state index in [1.54, 1.807) is 23.7 Å². The standard InChI is InChI=1S/C16H21FN4O.ClH/c1-10(8-18)9-19-16(22)15-11(2)20-21(12(15)3)14-6-4-13(17)5-7-14;/h4-7,10H,8-9,18H2,1-3H3,(H,19,22);1H. The minimum Gasteiger partial charge on any atom is -0.352 e. The highest BCUT2D eigenvalue weighted by Crippen LogP contribution is 2.18. The van der Waals surface area contributed by atoms with E-state index in [-0.39, 0.29) is 30.0 Å². The maximum absolute atomic E-state index is 13.0. The van der Waals surface area contributed by atoms with Gasteiger partial charge in [0.2, 0.25) is 0 Å². The van der Waals surface area contributed by atoms with Crippen LogP contribution in [0.1, 0.15) is 28.7 Å².